The number of methoxy groups -OCH3 is 1. The summed E-state index contributed by atoms with van der Waals surface area (Å²) in [6.45, 7) is 0.896. The molecule has 0 saturated carbocycles. The van der Waals surface area contributed by atoms with Gasteiger partial charge in [0.15, 0.2) is 18.2 Å². The molecule has 0 saturated heterocycles. The second kappa shape index (κ2) is 8.05. The van der Waals surface area contributed by atoms with Gasteiger partial charge in [-0.2, -0.15) is 0 Å². The third-order valence-corrected chi connectivity index (χ3v) is 2.59. The number of halogens is 2. The van der Waals surface area contributed by atoms with Gasteiger partial charge in [0.1, 0.15) is 0 Å². The summed E-state index contributed by atoms with van der Waals surface area (Å²) in [5, 5.41) is 2.64. The van der Waals surface area contributed by atoms with Crippen molar-refractivity contribution in [2.24, 2.45) is 0 Å². The van der Waals surface area contributed by atoms with Gasteiger partial charge in [-0.25, -0.2) is 4.39 Å². The average Bonchev–Trinajstić information content (AvgIpc) is 2.33. The Balaban J connectivity index is 2.29. The Labute approximate surface area is 114 Å². The molecule has 0 unspecified atom stereocenters. The molecule has 1 rings (SSSR count). The Kier molecular flexibility index (Phi) is 6.67. The molecule has 1 N–H and O–H groups in total. The number of carbonyl (C=O) groups excluding carboxylic acids is 1. The Morgan fingerprint density at radius 1 is 1.50 bits per heavy atom. The lowest BCUT2D eigenvalue weighted by atomic mass is 10.3. The van der Waals surface area contributed by atoms with Crippen LogP contribution in [0.25, 0.3) is 0 Å². The first kappa shape index (κ1) is 14.9. The van der Waals surface area contributed by atoms with Gasteiger partial charge in [0, 0.05) is 24.7 Å². The smallest absolute Gasteiger partial charge is 0.257 e. The van der Waals surface area contributed by atoms with E-state index >= 15 is 0 Å². The summed E-state index contributed by atoms with van der Waals surface area (Å²) in [5.41, 5.74) is 0. The fourth-order valence-electron chi connectivity index (χ4n) is 1.23. The van der Waals surface area contributed by atoms with E-state index in [2.05, 4.69) is 21.2 Å². The molecular formula is C12H15BrFNO3. The van der Waals surface area contributed by atoms with Crippen LogP contribution in [0.5, 0.6) is 5.75 Å². The van der Waals surface area contributed by atoms with Crippen LogP contribution >= 0.6 is 15.9 Å². The molecule has 0 spiro atoms. The fraction of sp³-hybridized carbons (Fsp3) is 0.417. The lowest BCUT2D eigenvalue weighted by Gasteiger charge is -2.08. The molecule has 6 heteroatoms. The first-order chi connectivity index (χ1) is 8.63. The maximum absolute atomic E-state index is 13.4. The number of hydrogen-bond donors (Lipinski definition) is 1. The van der Waals surface area contributed by atoms with Crippen molar-refractivity contribution in [2.45, 2.75) is 6.42 Å². The SMILES string of the molecule is COCCCNC(=O)COc1ccc(Br)cc1F. The summed E-state index contributed by atoms with van der Waals surface area (Å²) in [6.07, 6.45) is 0.731. The Morgan fingerprint density at radius 2 is 2.28 bits per heavy atom. The molecule has 100 valence electrons. The molecule has 1 aromatic rings. The van der Waals surface area contributed by atoms with E-state index in [4.69, 9.17) is 9.47 Å². The number of rotatable bonds is 7. The van der Waals surface area contributed by atoms with E-state index in [1.807, 2.05) is 0 Å². The van der Waals surface area contributed by atoms with E-state index in [0.717, 1.165) is 6.42 Å². The van der Waals surface area contributed by atoms with Crippen molar-refractivity contribution in [1.29, 1.82) is 0 Å². The van der Waals surface area contributed by atoms with Gasteiger partial charge in [0.25, 0.3) is 5.91 Å². The number of amides is 1. The number of benzene rings is 1. The van der Waals surface area contributed by atoms with Gasteiger partial charge >= 0.3 is 0 Å². The van der Waals surface area contributed by atoms with E-state index in [1.165, 1.54) is 12.1 Å². The van der Waals surface area contributed by atoms with Crippen LogP contribution in [0.1, 0.15) is 6.42 Å². The number of ether oxygens (including phenoxy) is 2. The Morgan fingerprint density at radius 3 is 2.94 bits per heavy atom. The van der Waals surface area contributed by atoms with E-state index < -0.39 is 5.82 Å². The Bertz CT molecular complexity index is 401. The summed E-state index contributed by atoms with van der Waals surface area (Å²) >= 11 is 3.14. The number of hydrogen-bond acceptors (Lipinski definition) is 3. The largest absolute Gasteiger partial charge is 0.481 e. The van der Waals surface area contributed by atoms with Gasteiger partial charge in [-0.15, -0.1) is 0 Å². The molecule has 1 amide bonds. The van der Waals surface area contributed by atoms with Crippen molar-refractivity contribution in [3.05, 3.63) is 28.5 Å². The lowest BCUT2D eigenvalue weighted by Crippen LogP contribution is -2.30. The van der Waals surface area contributed by atoms with Crippen LogP contribution in [-0.2, 0) is 9.53 Å². The predicted octanol–water partition coefficient (Wildman–Crippen LogP) is 2.12. The molecule has 18 heavy (non-hydrogen) atoms. The fourth-order valence-corrected chi connectivity index (χ4v) is 1.56. The third kappa shape index (κ3) is 5.46. The van der Waals surface area contributed by atoms with Gasteiger partial charge in [-0.3, -0.25) is 4.79 Å². The van der Waals surface area contributed by atoms with Crippen molar-refractivity contribution in [3.8, 4) is 5.75 Å². The summed E-state index contributed by atoms with van der Waals surface area (Å²) in [4.78, 5) is 11.3. The molecule has 0 atom stereocenters. The lowest BCUT2D eigenvalue weighted by molar-refractivity contribution is -0.123. The van der Waals surface area contributed by atoms with Crippen molar-refractivity contribution in [1.82, 2.24) is 5.32 Å². The summed E-state index contributed by atoms with van der Waals surface area (Å²) in [7, 11) is 1.60. The van der Waals surface area contributed by atoms with E-state index in [9.17, 15) is 9.18 Å². The van der Waals surface area contributed by atoms with Crippen LogP contribution < -0.4 is 10.1 Å². The minimum atomic E-state index is -0.503. The molecule has 0 radical (unpaired) electrons. The predicted molar refractivity (Wildman–Crippen MR) is 69.1 cm³/mol. The molecular weight excluding hydrogens is 305 g/mol. The van der Waals surface area contributed by atoms with Crippen LogP contribution in [0.4, 0.5) is 4.39 Å². The highest BCUT2D eigenvalue weighted by Gasteiger charge is 2.06. The van der Waals surface area contributed by atoms with Crippen molar-refractivity contribution < 1.29 is 18.7 Å². The molecule has 0 aromatic heterocycles. The maximum Gasteiger partial charge on any atom is 0.257 e. The zero-order valence-corrected chi connectivity index (χ0v) is 11.6. The zero-order valence-electron chi connectivity index (χ0n) is 10.0. The molecule has 0 fully saturated rings. The van der Waals surface area contributed by atoms with Gasteiger partial charge < -0.3 is 14.8 Å². The van der Waals surface area contributed by atoms with E-state index in [0.29, 0.717) is 17.6 Å². The molecule has 4 nitrogen and oxygen atoms in total. The molecule has 0 bridgehead atoms. The van der Waals surface area contributed by atoms with Crippen molar-refractivity contribution >= 4 is 21.8 Å². The van der Waals surface area contributed by atoms with Crippen LogP contribution in [0.2, 0.25) is 0 Å². The van der Waals surface area contributed by atoms with Gasteiger partial charge in [0.2, 0.25) is 0 Å². The van der Waals surface area contributed by atoms with Crippen LogP contribution in [0.3, 0.4) is 0 Å². The van der Waals surface area contributed by atoms with Crippen molar-refractivity contribution in [3.63, 3.8) is 0 Å². The molecule has 0 heterocycles. The highest BCUT2D eigenvalue weighted by atomic mass is 79.9. The molecule has 0 aliphatic rings. The maximum atomic E-state index is 13.4. The zero-order chi connectivity index (χ0) is 13.4. The molecule has 1 aromatic carbocycles. The Hall–Kier alpha value is -1.14. The van der Waals surface area contributed by atoms with Crippen LogP contribution in [-0.4, -0.2) is 32.8 Å². The molecule has 0 aliphatic heterocycles. The average molecular weight is 320 g/mol. The second-order valence-electron chi connectivity index (χ2n) is 3.56. The summed E-state index contributed by atoms with van der Waals surface area (Å²) < 4.78 is 23.9. The summed E-state index contributed by atoms with van der Waals surface area (Å²) in [5.74, 6) is -0.727. The monoisotopic (exact) mass is 319 g/mol. The minimum Gasteiger partial charge on any atom is -0.481 e. The highest BCUT2D eigenvalue weighted by Crippen LogP contribution is 2.21. The first-order valence-corrected chi connectivity index (χ1v) is 6.26. The van der Waals surface area contributed by atoms with Crippen molar-refractivity contribution in [2.75, 3.05) is 26.9 Å². The number of carbonyl (C=O) groups is 1. The van der Waals surface area contributed by atoms with E-state index in [-0.39, 0.29) is 18.3 Å². The second-order valence-corrected chi connectivity index (χ2v) is 4.48. The standard InChI is InChI=1S/C12H15BrFNO3/c1-17-6-2-5-15-12(16)8-18-11-4-3-9(13)7-10(11)14/h3-4,7H,2,5-6,8H2,1H3,(H,15,16). The quantitative estimate of drug-likeness (QED) is 0.783. The highest BCUT2D eigenvalue weighted by molar-refractivity contribution is 9.10. The van der Waals surface area contributed by atoms with Crippen LogP contribution in [0, 0.1) is 5.82 Å². The third-order valence-electron chi connectivity index (χ3n) is 2.10. The number of nitrogens with one attached hydrogen (secondary N) is 1. The van der Waals surface area contributed by atoms with Gasteiger partial charge in [0.05, 0.1) is 0 Å². The topological polar surface area (TPSA) is 47.6 Å². The van der Waals surface area contributed by atoms with Gasteiger partial charge in [-0.05, 0) is 24.6 Å². The summed E-state index contributed by atoms with van der Waals surface area (Å²) in [6, 6.07) is 4.40. The van der Waals surface area contributed by atoms with Gasteiger partial charge in [-0.1, -0.05) is 15.9 Å². The van der Waals surface area contributed by atoms with E-state index in [1.54, 1.807) is 13.2 Å². The van der Waals surface area contributed by atoms with Crippen LogP contribution in [0.15, 0.2) is 22.7 Å². The normalized spacial score (nSPS) is 10.2. The minimum absolute atomic E-state index is 0.0604. The molecule has 0 aliphatic carbocycles. The first-order valence-electron chi connectivity index (χ1n) is 5.47.